The maximum Gasteiger partial charge on any atom is 0.0756 e. The number of aliphatic hydroxyl groups is 1. The van der Waals surface area contributed by atoms with Crippen LogP contribution in [-0.2, 0) is 0 Å². The maximum atomic E-state index is 10.7. The van der Waals surface area contributed by atoms with E-state index in [4.69, 9.17) is 0 Å². The van der Waals surface area contributed by atoms with Crippen LogP contribution in [0.5, 0.6) is 0 Å². The molecule has 1 heteroatoms. The van der Waals surface area contributed by atoms with Crippen molar-refractivity contribution in [3.63, 3.8) is 0 Å². The average Bonchev–Trinajstić information content (AvgIpc) is 2.41. The summed E-state index contributed by atoms with van der Waals surface area (Å²) in [6, 6.07) is 0. The lowest BCUT2D eigenvalue weighted by Gasteiger charge is -2.64. The average molecular weight is 303 g/mol. The molecule has 22 heavy (non-hydrogen) atoms. The van der Waals surface area contributed by atoms with Crippen molar-refractivity contribution in [2.75, 3.05) is 0 Å². The molecule has 2 saturated carbocycles. The fraction of sp³-hybridized carbons (Fsp3) is 0.810. The first-order valence-electron chi connectivity index (χ1n) is 9.18. The number of allylic oxidation sites excluding steroid dienone is 2. The van der Waals surface area contributed by atoms with Crippen LogP contribution in [0.25, 0.3) is 0 Å². The van der Waals surface area contributed by atoms with E-state index in [0.29, 0.717) is 16.7 Å². The number of aliphatic hydroxyl groups excluding tert-OH is 1. The molecule has 1 nitrogen and oxygen atoms in total. The summed E-state index contributed by atoms with van der Waals surface area (Å²) in [7, 11) is 0. The summed E-state index contributed by atoms with van der Waals surface area (Å²) in [6.45, 7) is 16.2. The molecule has 3 aliphatic carbocycles. The van der Waals surface area contributed by atoms with Crippen LogP contribution >= 0.6 is 0 Å². The minimum atomic E-state index is -0.272. The van der Waals surface area contributed by atoms with Gasteiger partial charge in [-0.05, 0) is 78.3 Å². The third kappa shape index (κ3) is 2.00. The van der Waals surface area contributed by atoms with Gasteiger partial charge in [0.2, 0.25) is 0 Å². The highest BCUT2D eigenvalue weighted by atomic mass is 16.3. The van der Waals surface area contributed by atoms with Crippen LogP contribution in [0.4, 0.5) is 0 Å². The monoisotopic (exact) mass is 302 g/mol. The molecule has 124 valence electrons. The molecule has 2 fully saturated rings. The highest BCUT2D eigenvalue weighted by molar-refractivity contribution is 5.37. The van der Waals surface area contributed by atoms with E-state index in [-0.39, 0.29) is 11.5 Å². The molecule has 0 aromatic rings. The Morgan fingerprint density at radius 1 is 1.09 bits per heavy atom. The summed E-state index contributed by atoms with van der Waals surface area (Å²) in [5, 5.41) is 10.7. The Morgan fingerprint density at radius 3 is 2.41 bits per heavy atom. The van der Waals surface area contributed by atoms with Crippen molar-refractivity contribution >= 4 is 0 Å². The van der Waals surface area contributed by atoms with Crippen molar-refractivity contribution in [3.05, 3.63) is 23.8 Å². The first-order chi connectivity index (χ1) is 10.2. The summed E-state index contributed by atoms with van der Waals surface area (Å²) in [6.07, 6.45) is 9.34. The molecule has 3 aliphatic rings. The number of rotatable bonds is 1. The van der Waals surface area contributed by atoms with Gasteiger partial charge in [0.25, 0.3) is 0 Å². The number of hydrogen-bond donors (Lipinski definition) is 1. The van der Waals surface area contributed by atoms with Gasteiger partial charge in [-0.25, -0.2) is 0 Å². The SMILES string of the molecule is C=CC1=C(C)[C@H](O)C[C@H]2[C@@]1(C)CCC1C(C)(C)CCC[C@@]12C. The fourth-order valence-corrected chi connectivity index (χ4v) is 6.93. The topological polar surface area (TPSA) is 20.2 Å². The summed E-state index contributed by atoms with van der Waals surface area (Å²) in [5.41, 5.74) is 3.54. The smallest absolute Gasteiger partial charge is 0.0756 e. The highest BCUT2D eigenvalue weighted by Gasteiger charge is 2.60. The molecule has 0 bridgehead atoms. The summed E-state index contributed by atoms with van der Waals surface area (Å²) >= 11 is 0. The van der Waals surface area contributed by atoms with Crippen molar-refractivity contribution in [1.82, 2.24) is 0 Å². The van der Waals surface area contributed by atoms with Crippen LogP contribution in [-0.4, -0.2) is 11.2 Å². The molecule has 0 spiro atoms. The zero-order valence-corrected chi connectivity index (χ0v) is 15.2. The Hall–Kier alpha value is -0.560. The lowest BCUT2D eigenvalue weighted by atomic mass is 9.40. The van der Waals surface area contributed by atoms with Gasteiger partial charge >= 0.3 is 0 Å². The normalized spacial score (nSPS) is 47.6. The zero-order chi connectivity index (χ0) is 16.3. The Kier molecular flexibility index (Phi) is 3.68. The predicted molar refractivity (Wildman–Crippen MR) is 93.6 cm³/mol. The van der Waals surface area contributed by atoms with Gasteiger partial charge in [-0.2, -0.15) is 0 Å². The molecule has 0 aliphatic heterocycles. The van der Waals surface area contributed by atoms with Crippen molar-refractivity contribution in [3.8, 4) is 0 Å². The van der Waals surface area contributed by atoms with Gasteiger partial charge in [0.05, 0.1) is 6.10 Å². The van der Waals surface area contributed by atoms with Crippen molar-refractivity contribution in [2.24, 2.45) is 28.1 Å². The Bertz CT molecular complexity index is 514. The van der Waals surface area contributed by atoms with Crippen LogP contribution < -0.4 is 0 Å². The third-order valence-corrected chi connectivity index (χ3v) is 8.00. The summed E-state index contributed by atoms with van der Waals surface area (Å²) in [5.74, 6) is 1.38. The molecule has 5 atom stereocenters. The van der Waals surface area contributed by atoms with Gasteiger partial charge in [0, 0.05) is 0 Å². The number of hydrogen-bond acceptors (Lipinski definition) is 1. The second-order valence-electron chi connectivity index (χ2n) is 9.46. The minimum Gasteiger partial charge on any atom is -0.389 e. The van der Waals surface area contributed by atoms with Crippen LogP contribution in [0.1, 0.15) is 73.1 Å². The van der Waals surface area contributed by atoms with Crippen LogP contribution in [0.2, 0.25) is 0 Å². The lowest BCUT2D eigenvalue weighted by Crippen LogP contribution is -2.57. The fourth-order valence-electron chi connectivity index (χ4n) is 6.93. The van der Waals surface area contributed by atoms with E-state index >= 15 is 0 Å². The largest absolute Gasteiger partial charge is 0.389 e. The van der Waals surface area contributed by atoms with Gasteiger partial charge < -0.3 is 5.11 Å². The number of fused-ring (bicyclic) bond motifs is 3. The maximum absolute atomic E-state index is 10.7. The summed E-state index contributed by atoms with van der Waals surface area (Å²) in [4.78, 5) is 0. The zero-order valence-electron chi connectivity index (χ0n) is 15.2. The predicted octanol–water partition coefficient (Wildman–Crippen LogP) is 5.50. The molecular weight excluding hydrogens is 268 g/mol. The van der Waals surface area contributed by atoms with Gasteiger partial charge in [0.15, 0.2) is 0 Å². The molecule has 1 N–H and O–H groups in total. The van der Waals surface area contributed by atoms with Crippen molar-refractivity contribution in [1.29, 1.82) is 0 Å². The van der Waals surface area contributed by atoms with E-state index in [0.717, 1.165) is 12.3 Å². The van der Waals surface area contributed by atoms with E-state index in [2.05, 4.69) is 41.2 Å². The van der Waals surface area contributed by atoms with Crippen molar-refractivity contribution < 1.29 is 5.11 Å². The van der Waals surface area contributed by atoms with Gasteiger partial charge in [-0.3, -0.25) is 0 Å². The molecule has 0 heterocycles. The van der Waals surface area contributed by atoms with Crippen molar-refractivity contribution in [2.45, 2.75) is 79.2 Å². The Balaban J connectivity index is 2.10. The van der Waals surface area contributed by atoms with E-state index in [1.165, 1.54) is 43.3 Å². The molecule has 0 amide bonds. The second-order valence-corrected chi connectivity index (χ2v) is 9.46. The first kappa shape index (κ1) is 16.3. The second kappa shape index (κ2) is 4.97. The van der Waals surface area contributed by atoms with Crippen LogP contribution in [0.3, 0.4) is 0 Å². The van der Waals surface area contributed by atoms with Gasteiger partial charge in [0.1, 0.15) is 0 Å². The van der Waals surface area contributed by atoms with E-state index < -0.39 is 0 Å². The Morgan fingerprint density at radius 2 is 1.77 bits per heavy atom. The molecule has 0 aromatic heterocycles. The molecule has 0 aromatic carbocycles. The standard InChI is InChI=1S/C21H34O/c1-7-15-14(2)16(22)13-18-20(15,5)12-9-17-19(3,4)10-8-11-21(17,18)6/h7,16-18,22H,1,8-13H2,2-6H3/t16-,17?,18+,20+,21+/m1/s1. The van der Waals surface area contributed by atoms with E-state index in [1.54, 1.807) is 0 Å². The quantitative estimate of drug-likeness (QED) is 0.678. The van der Waals surface area contributed by atoms with Crippen LogP contribution in [0, 0.1) is 28.1 Å². The lowest BCUT2D eigenvalue weighted by molar-refractivity contribution is -0.132. The molecule has 0 saturated heterocycles. The molecule has 3 rings (SSSR count). The molecule has 0 radical (unpaired) electrons. The first-order valence-corrected chi connectivity index (χ1v) is 9.18. The minimum absolute atomic E-state index is 0.212. The van der Waals surface area contributed by atoms with Crippen LogP contribution in [0.15, 0.2) is 23.8 Å². The van der Waals surface area contributed by atoms with Gasteiger partial charge in [-0.1, -0.05) is 46.8 Å². The molecular formula is C21H34O. The molecule has 1 unspecified atom stereocenters. The Labute approximate surface area is 136 Å². The van der Waals surface area contributed by atoms with E-state index in [1.807, 2.05) is 6.08 Å². The van der Waals surface area contributed by atoms with E-state index in [9.17, 15) is 5.11 Å². The third-order valence-electron chi connectivity index (χ3n) is 8.00. The van der Waals surface area contributed by atoms with Gasteiger partial charge in [-0.15, -0.1) is 0 Å². The summed E-state index contributed by atoms with van der Waals surface area (Å²) < 4.78 is 0. The highest BCUT2D eigenvalue weighted by Crippen LogP contribution is 2.68.